The summed E-state index contributed by atoms with van der Waals surface area (Å²) in [6.07, 6.45) is 4.85. The van der Waals surface area contributed by atoms with Crippen molar-refractivity contribution in [1.29, 1.82) is 0 Å². The Kier molecular flexibility index (Phi) is 4.45. The average molecular weight is 443 g/mol. The first-order valence-electron chi connectivity index (χ1n) is 11.3. The van der Waals surface area contributed by atoms with E-state index < -0.39 is 34.4 Å². The van der Waals surface area contributed by atoms with Crippen molar-refractivity contribution in [2.75, 3.05) is 5.32 Å². The number of carbonyl (C=O) groups excluding carboxylic acids is 2. The molecule has 0 radical (unpaired) electrons. The molecule has 6 atom stereocenters. The first-order chi connectivity index (χ1) is 15.0. The van der Waals surface area contributed by atoms with E-state index in [1.165, 1.54) is 0 Å². The van der Waals surface area contributed by atoms with E-state index in [0.29, 0.717) is 18.8 Å². The van der Waals surface area contributed by atoms with E-state index in [0.717, 1.165) is 37.8 Å². The molecule has 32 heavy (non-hydrogen) atoms. The molecule has 4 N–H and O–H groups in total. The summed E-state index contributed by atoms with van der Waals surface area (Å²) in [6.45, 7) is 4.17. The van der Waals surface area contributed by atoms with Gasteiger partial charge in [-0.25, -0.2) is 4.79 Å². The van der Waals surface area contributed by atoms with E-state index in [1.54, 1.807) is 0 Å². The number of phenols is 2. The van der Waals surface area contributed by atoms with Gasteiger partial charge in [0.1, 0.15) is 22.8 Å². The molecule has 172 valence electrons. The highest BCUT2D eigenvalue weighted by Gasteiger charge is 2.72. The minimum Gasteiger partial charge on any atom is -0.506 e. The number of aromatic carboxylic acids is 1. The maximum absolute atomic E-state index is 13.2. The van der Waals surface area contributed by atoms with Crippen molar-refractivity contribution < 1.29 is 34.4 Å². The average Bonchev–Trinajstić information content (AvgIpc) is 3.08. The summed E-state index contributed by atoms with van der Waals surface area (Å²) in [5, 5.41) is 31.8. The predicted octanol–water partition coefficient (Wildman–Crippen LogP) is 3.46. The van der Waals surface area contributed by atoms with Crippen LogP contribution < -0.4 is 5.32 Å². The molecule has 4 bridgehead atoms. The van der Waals surface area contributed by atoms with Crippen LogP contribution in [-0.4, -0.2) is 44.7 Å². The third-order valence-electron chi connectivity index (χ3n) is 8.88. The predicted molar refractivity (Wildman–Crippen MR) is 113 cm³/mol. The van der Waals surface area contributed by atoms with Gasteiger partial charge in [-0.3, -0.25) is 9.59 Å². The Bertz CT molecular complexity index is 1040. The summed E-state index contributed by atoms with van der Waals surface area (Å²) in [5.41, 5.74) is -1.40. The van der Waals surface area contributed by atoms with Gasteiger partial charge in [0.05, 0.1) is 11.7 Å². The van der Waals surface area contributed by atoms with Gasteiger partial charge in [-0.05, 0) is 62.5 Å². The fourth-order valence-corrected chi connectivity index (χ4v) is 7.60. The molecule has 8 heteroatoms. The lowest BCUT2D eigenvalue weighted by molar-refractivity contribution is -0.191. The summed E-state index contributed by atoms with van der Waals surface area (Å²) < 4.78 is 6.44. The molecule has 1 spiro atoms. The van der Waals surface area contributed by atoms with Crippen molar-refractivity contribution in [3.8, 4) is 11.5 Å². The number of aromatic hydroxyl groups is 2. The number of Topliss-reactive ketones (excluding diaryl/α,β-unsaturated/α-hetero) is 1. The van der Waals surface area contributed by atoms with Crippen molar-refractivity contribution in [1.82, 2.24) is 0 Å². The normalized spacial score (nSPS) is 39.2. The molecule has 8 nitrogen and oxygen atoms in total. The van der Waals surface area contributed by atoms with Crippen molar-refractivity contribution in [2.45, 2.75) is 70.5 Å². The van der Waals surface area contributed by atoms with E-state index in [-0.39, 0.29) is 40.9 Å². The van der Waals surface area contributed by atoms with E-state index in [1.807, 2.05) is 6.92 Å². The SMILES string of the molecule is CC12C[C@@]34CCC(=O)[C@@](C)(CCC(=O)Nc5c(O)ccc(C(=O)O)c5O)C3[C@H](C[C@H]1C4)O2. The van der Waals surface area contributed by atoms with Crippen LogP contribution in [0.5, 0.6) is 11.5 Å². The second kappa shape index (κ2) is 6.70. The van der Waals surface area contributed by atoms with Gasteiger partial charge >= 0.3 is 5.97 Å². The Morgan fingerprint density at radius 2 is 2.00 bits per heavy atom. The van der Waals surface area contributed by atoms with E-state index in [9.17, 15) is 24.6 Å². The van der Waals surface area contributed by atoms with Crippen LogP contribution in [0.1, 0.15) is 69.2 Å². The molecule has 3 saturated carbocycles. The van der Waals surface area contributed by atoms with E-state index in [4.69, 9.17) is 9.84 Å². The number of ketones is 1. The van der Waals surface area contributed by atoms with Crippen molar-refractivity contribution in [3.63, 3.8) is 0 Å². The Hall–Kier alpha value is -2.61. The zero-order valence-electron chi connectivity index (χ0n) is 18.3. The maximum atomic E-state index is 13.2. The van der Waals surface area contributed by atoms with Gasteiger partial charge in [-0.1, -0.05) is 6.92 Å². The quantitative estimate of drug-likeness (QED) is 0.512. The van der Waals surface area contributed by atoms with Crippen LogP contribution in [0.25, 0.3) is 0 Å². The third-order valence-corrected chi connectivity index (χ3v) is 8.88. The summed E-state index contributed by atoms with van der Waals surface area (Å²) in [4.78, 5) is 37.1. The minimum absolute atomic E-state index is 0.0123. The Morgan fingerprint density at radius 3 is 2.69 bits per heavy atom. The molecule has 0 aromatic heterocycles. The molecule has 3 aliphatic carbocycles. The van der Waals surface area contributed by atoms with Crippen molar-refractivity contribution in [3.05, 3.63) is 17.7 Å². The number of hydrogen-bond acceptors (Lipinski definition) is 6. The third kappa shape index (κ3) is 2.81. The fourth-order valence-electron chi connectivity index (χ4n) is 7.60. The highest BCUT2D eigenvalue weighted by molar-refractivity contribution is 5.99. The Morgan fingerprint density at radius 1 is 1.25 bits per heavy atom. The first kappa shape index (κ1) is 21.2. The molecule has 2 saturated heterocycles. The van der Waals surface area contributed by atoms with Crippen LogP contribution in [0.3, 0.4) is 0 Å². The number of amides is 1. The topological polar surface area (TPSA) is 133 Å². The van der Waals surface area contributed by atoms with Gasteiger partial charge in [0, 0.05) is 24.2 Å². The van der Waals surface area contributed by atoms with Crippen LogP contribution in [-0.2, 0) is 14.3 Å². The van der Waals surface area contributed by atoms with Crippen LogP contribution >= 0.6 is 0 Å². The number of ether oxygens (including phenoxy) is 1. The second-order valence-electron chi connectivity index (χ2n) is 10.7. The van der Waals surface area contributed by atoms with Crippen molar-refractivity contribution in [2.24, 2.45) is 22.7 Å². The van der Waals surface area contributed by atoms with E-state index >= 15 is 0 Å². The molecule has 2 unspecified atom stereocenters. The standard InChI is InChI=1S/C24H29NO7/c1-22(7-6-17(28)25-18-14(26)4-3-13(19(18)29)21(30)31)16(27)5-8-24-10-12-9-15(20(22)24)32-23(12,2)11-24/h3-4,12,15,20,26,29H,5-11H2,1-2H3,(H,25,28)(H,30,31)/t12-,15-,20?,22+,23?,24-/m0/s1. The fraction of sp³-hybridized carbons (Fsp3) is 0.625. The summed E-state index contributed by atoms with van der Waals surface area (Å²) in [7, 11) is 0. The number of anilines is 1. The zero-order chi connectivity index (χ0) is 23.1. The van der Waals surface area contributed by atoms with Gasteiger partial charge in [0.2, 0.25) is 5.91 Å². The first-order valence-corrected chi connectivity index (χ1v) is 11.3. The molecule has 6 rings (SSSR count). The molecule has 5 fully saturated rings. The second-order valence-corrected chi connectivity index (χ2v) is 10.7. The lowest BCUT2D eigenvalue weighted by Gasteiger charge is -2.57. The van der Waals surface area contributed by atoms with Gasteiger partial charge in [-0.15, -0.1) is 0 Å². The minimum atomic E-state index is -1.37. The lowest BCUT2D eigenvalue weighted by Crippen LogP contribution is -2.58. The van der Waals surface area contributed by atoms with Crippen LogP contribution in [0.4, 0.5) is 5.69 Å². The molecule has 1 aromatic carbocycles. The number of phenolic OH excluding ortho intramolecular Hbond substituents is 1. The van der Waals surface area contributed by atoms with Crippen LogP contribution in [0.15, 0.2) is 12.1 Å². The molecule has 5 aliphatic rings. The monoisotopic (exact) mass is 443 g/mol. The number of carboxylic acid groups (broad SMARTS) is 1. The van der Waals surface area contributed by atoms with Crippen LogP contribution in [0.2, 0.25) is 0 Å². The highest BCUT2D eigenvalue weighted by atomic mass is 16.5. The Balaban J connectivity index is 1.35. The van der Waals surface area contributed by atoms with Gasteiger partial charge in [-0.2, -0.15) is 0 Å². The summed E-state index contributed by atoms with van der Waals surface area (Å²) in [5.74, 6) is -2.18. The lowest BCUT2D eigenvalue weighted by atomic mass is 9.48. The highest BCUT2D eigenvalue weighted by Crippen LogP contribution is 2.73. The number of carboxylic acids is 1. The number of hydrogen-bond donors (Lipinski definition) is 4. The molecular formula is C24H29NO7. The number of carbonyl (C=O) groups is 3. The summed E-state index contributed by atoms with van der Waals surface area (Å²) >= 11 is 0. The number of rotatable bonds is 5. The molecule has 1 aromatic rings. The zero-order valence-corrected chi connectivity index (χ0v) is 18.3. The molecule has 1 amide bonds. The summed E-state index contributed by atoms with van der Waals surface area (Å²) in [6, 6.07) is 2.17. The number of benzene rings is 1. The van der Waals surface area contributed by atoms with Crippen LogP contribution in [0, 0.1) is 22.7 Å². The smallest absolute Gasteiger partial charge is 0.339 e. The number of nitrogens with one attached hydrogen (secondary N) is 1. The molecule has 2 aliphatic heterocycles. The Labute approximate surface area is 186 Å². The van der Waals surface area contributed by atoms with Crippen molar-refractivity contribution >= 4 is 23.3 Å². The molecular weight excluding hydrogens is 414 g/mol. The largest absolute Gasteiger partial charge is 0.506 e. The van der Waals surface area contributed by atoms with Gasteiger partial charge in [0.15, 0.2) is 5.75 Å². The van der Waals surface area contributed by atoms with Gasteiger partial charge in [0.25, 0.3) is 0 Å². The van der Waals surface area contributed by atoms with Gasteiger partial charge < -0.3 is 25.4 Å². The maximum Gasteiger partial charge on any atom is 0.339 e. The van der Waals surface area contributed by atoms with E-state index in [2.05, 4.69) is 12.2 Å². The molecule has 2 heterocycles.